The molecule has 1 aromatic carbocycles. The van der Waals surface area contributed by atoms with Gasteiger partial charge in [-0.25, -0.2) is 0 Å². The second kappa shape index (κ2) is 5.07. The highest BCUT2D eigenvalue weighted by Gasteiger charge is 2.19. The number of nitrogens with zero attached hydrogens (tertiary/aromatic N) is 1. The van der Waals surface area contributed by atoms with Crippen molar-refractivity contribution in [1.82, 2.24) is 10.6 Å². The highest BCUT2D eigenvalue weighted by molar-refractivity contribution is 9.10. The number of rotatable bonds is 2. The van der Waals surface area contributed by atoms with Crippen molar-refractivity contribution in [3.8, 4) is 0 Å². The third kappa shape index (κ3) is 2.70. The minimum Gasteiger partial charge on any atom is -0.377 e. The zero-order valence-electron chi connectivity index (χ0n) is 9.95. The van der Waals surface area contributed by atoms with Crippen LogP contribution in [0.5, 0.6) is 0 Å². The summed E-state index contributed by atoms with van der Waals surface area (Å²) in [6.45, 7) is 0. The van der Waals surface area contributed by atoms with Crippen molar-refractivity contribution < 1.29 is 4.79 Å². The highest BCUT2D eigenvalue weighted by Crippen LogP contribution is 2.26. The summed E-state index contributed by atoms with van der Waals surface area (Å²) >= 11 is 8.38. The number of benzene rings is 1. The molecule has 4 nitrogen and oxygen atoms in total. The van der Waals surface area contributed by atoms with Gasteiger partial charge in [0.2, 0.25) is 0 Å². The molecule has 94 valence electrons. The Kier molecular flexibility index (Phi) is 3.68. The minimum atomic E-state index is -0.201. The third-order valence-corrected chi connectivity index (χ3v) is 3.32. The number of halogens is 1. The average Bonchev–Trinajstić information content (AvgIpc) is 2.57. The summed E-state index contributed by atoms with van der Waals surface area (Å²) in [5.74, 6) is -0.201. The van der Waals surface area contributed by atoms with Crippen LogP contribution in [-0.4, -0.2) is 25.1 Å². The molecule has 2 N–H and O–H groups in total. The van der Waals surface area contributed by atoms with Crippen molar-refractivity contribution >= 4 is 50.9 Å². The molecule has 6 heteroatoms. The van der Waals surface area contributed by atoms with E-state index in [1.165, 1.54) is 0 Å². The Bertz CT molecular complexity index is 554. The van der Waals surface area contributed by atoms with Crippen molar-refractivity contribution in [3.63, 3.8) is 0 Å². The van der Waals surface area contributed by atoms with E-state index < -0.39 is 0 Å². The zero-order valence-corrected chi connectivity index (χ0v) is 12.4. The maximum absolute atomic E-state index is 11.5. The Morgan fingerprint density at radius 2 is 2.06 bits per heavy atom. The zero-order chi connectivity index (χ0) is 13.3. The van der Waals surface area contributed by atoms with Crippen LogP contribution in [0.3, 0.4) is 0 Å². The summed E-state index contributed by atoms with van der Waals surface area (Å²) in [5, 5.41) is 5.68. The Morgan fingerprint density at radius 3 is 2.56 bits per heavy atom. The third-order valence-electron chi connectivity index (χ3n) is 2.48. The molecule has 0 spiro atoms. The summed E-state index contributed by atoms with van der Waals surface area (Å²) < 4.78 is 0.975. The van der Waals surface area contributed by atoms with Gasteiger partial charge in [-0.05, 0) is 51.9 Å². The van der Waals surface area contributed by atoms with Crippen molar-refractivity contribution in [2.75, 3.05) is 19.0 Å². The van der Waals surface area contributed by atoms with Crippen LogP contribution < -0.4 is 15.5 Å². The molecular formula is C12H12BrN3OS. The molecule has 1 heterocycles. The van der Waals surface area contributed by atoms with Gasteiger partial charge in [-0.1, -0.05) is 6.07 Å². The summed E-state index contributed by atoms with van der Waals surface area (Å²) in [5.41, 5.74) is 2.47. The minimum absolute atomic E-state index is 0.201. The Hall–Kier alpha value is -1.40. The normalized spacial score (nSPS) is 16.7. The molecule has 1 aliphatic heterocycles. The first kappa shape index (κ1) is 13.0. The number of anilines is 1. The van der Waals surface area contributed by atoms with Crippen molar-refractivity contribution in [2.24, 2.45) is 0 Å². The number of amides is 1. The first-order valence-electron chi connectivity index (χ1n) is 5.28. The molecule has 1 fully saturated rings. The maximum atomic E-state index is 11.5. The molecule has 18 heavy (non-hydrogen) atoms. The van der Waals surface area contributed by atoms with E-state index in [-0.39, 0.29) is 5.91 Å². The predicted molar refractivity (Wildman–Crippen MR) is 80.3 cm³/mol. The van der Waals surface area contributed by atoms with E-state index in [4.69, 9.17) is 12.2 Å². The van der Waals surface area contributed by atoms with E-state index in [9.17, 15) is 4.79 Å². The number of carbonyl (C=O) groups is 1. The molecule has 0 saturated carbocycles. The fourth-order valence-electron chi connectivity index (χ4n) is 1.62. The Balaban J connectivity index is 2.31. The van der Waals surface area contributed by atoms with Crippen LogP contribution >= 0.6 is 28.1 Å². The van der Waals surface area contributed by atoms with E-state index in [1.54, 1.807) is 6.08 Å². The van der Waals surface area contributed by atoms with E-state index in [1.807, 2.05) is 37.2 Å². The first-order valence-corrected chi connectivity index (χ1v) is 6.48. The highest BCUT2D eigenvalue weighted by atomic mass is 79.9. The lowest BCUT2D eigenvalue weighted by atomic mass is 10.1. The van der Waals surface area contributed by atoms with Crippen LogP contribution in [0.4, 0.5) is 5.69 Å². The molecule has 0 aliphatic carbocycles. The van der Waals surface area contributed by atoms with Gasteiger partial charge in [0.1, 0.15) is 5.70 Å². The van der Waals surface area contributed by atoms with Gasteiger partial charge >= 0.3 is 0 Å². The van der Waals surface area contributed by atoms with Crippen LogP contribution in [0.1, 0.15) is 5.56 Å². The van der Waals surface area contributed by atoms with Crippen LogP contribution in [0.25, 0.3) is 6.08 Å². The lowest BCUT2D eigenvalue weighted by Gasteiger charge is -2.14. The maximum Gasteiger partial charge on any atom is 0.273 e. The van der Waals surface area contributed by atoms with Gasteiger partial charge in [-0.3, -0.25) is 10.1 Å². The van der Waals surface area contributed by atoms with Crippen LogP contribution in [0.2, 0.25) is 0 Å². The molecule has 1 aromatic rings. The summed E-state index contributed by atoms with van der Waals surface area (Å²) in [6, 6.07) is 5.89. The topological polar surface area (TPSA) is 44.4 Å². The van der Waals surface area contributed by atoms with Crippen molar-refractivity contribution in [3.05, 3.63) is 33.9 Å². The lowest BCUT2D eigenvalue weighted by molar-refractivity contribution is -0.115. The molecular weight excluding hydrogens is 314 g/mol. The summed E-state index contributed by atoms with van der Waals surface area (Å²) in [4.78, 5) is 13.5. The van der Waals surface area contributed by atoms with Gasteiger partial charge in [0.05, 0.1) is 5.69 Å². The smallest absolute Gasteiger partial charge is 0.273 e. The fraction of sp³-hybridized carbons (Fsp3) is 0.167. The van der Waals surface area contributed by atoms with Crippen LogP contribution in [0.15, 0.2) is 28.4 Å². The van der Waals surface area contributed by atoms with Crippen LogP contribution in [-0.2, 0) is 4.79 Å². The average molecular weight is 326 g/mol. The van der Waals surface area contributed by atoms with Gasteiger partial charge in [0.15, 0.2) is 5.11 Å². The standard InChI is InChI=1S/C12H12BrN3OS/c1-16(2)10-4-3-7(5-8(10)13)6-9-11(17)15-12(18)14-9/h3-6H,1-2H3,(H2,14,15,17,18)/b9-6+. The monoisotopic (exact) mass is 325 g/mol. The van der Waals surface area contributed by atoms with Gasteiger partial charge in [0, 0.05) is 18.6 Å². The summed E-state index contributed by atoms with van der Waals surface area (Å²) in [7, 11) is 3.95. The number of hydrogen-bond donors (Lipinski definition) is 2. The van der Waals surface area contributed by atoms with Gasteiger partial charge < -0.3 is 10.2 Å². The molecule has 0 radical (unpaired) electrons. The van der Waals surface area contributed by atoms with Gasteiger partial charge in [-0.2, -0.15) is 0 Å². The SMILES string of the molecule is CN(C)c1ccc(/C=C2/NC(=S)NC2=O)cc1Br. The molecule has 0 bridgehead atoms. The largest absolute Gasteiger partial charge is 0.377 e. The van der Waals surface area contributed by atoms with Gasteiger partial charge in [0.25, 0.3) is 5.91 Å². The molecule has 0 aromatic heterocycles. The van der Waals surface area contributed by atoms with E-state index in [2.05, 4.69) is 26.6 Å². The molecule has 1 amide bonds. The molecule has 0 unspecified atom stereocenters. The van der Waals surface area contributed by atoms with Crippen LogP contribution in [0, 0.1) is 0 Å². The Morgan fingerprint density at radius 1 is 1.33 bits per heavy atom. The van der Waals surface area contributed by atoms with E-state index in [0.29, 0.717) is 10.8 Å². The first-order chi connectivity index (χ1) is 8.47. The second-order valence-electron chi connectivity index (χ2n) is 4.07. The number of thiocarbonyl (C=S) groups is 1. The molecule has 2 rings (SSSR count). The lowest BCUT2D eigenvalue weighted by Crippen LogP contribution is -2.21. The van der Waals surface area contributed by atoms with Crippen molar-refractivity contribution in [2.45, 2.75) is 0 Å². The second-order valence-corrected chi connectivity index (χ2v) is 5.33. The quantitative estimate of drug-likeness (QED) is 0.643. The molecule has 0 atom stereocenters. The van der Waals surface area contributed by atoms with E-state index in [0.717, 1.165) is 15.7 Å². The summed E-state index contributed by atoms with van der Waals surface area (Å²) in [6.07, 6.45) is 1.76. The number of nitrogens with one attached hydrogen (secondary N) is 2. The molecule has 1 aliphatic rings. The van der Waals surface area contributed by atoms with E-state index >= 15 is 0 Å². The molecule has 1 saturated heterocycles. The predicted octanol–water partition coefficient (Wildman–Crippen LogP) is 1.86. The fourth-order valence-corrected chi connectivity index (χ4v) is 2.58. The van der Waals surface area contributed by atoms with Crippen molar-refractivity contribution in [1.29, 1.82) is 0 Å². The number of carbonyl (C=O) groups excluding carboxylic acids is 1. The Labute approximate surface area is 119 Å². The van der Waals surface area contributed by atoms with Gasteiger partial charge in [-0.15, -0.1) is 0 Å². The number of hydrogen-bond acceptors (Lipinski definition) is 3.